The molecule has 0 spiro atoms. The minimum Gasteiger partial charge on any atom is -0.508 e. The second-order valence-electron chi connectivity index (χ2n) is 3.43. The molecule has 0 aliphatic carbocycles. The number of phenols is 1. The van der Waals surface area contributed by atoms with Crippen molar-refractivity contribution < 1.29 is 9.84 Å². The highest BCUT2D eigenvalue weighted by molar-refractivity contribution is 5.57. The van der Waals surface area contributed by atoms with Gasteiger partial charge in [-0.1, -0.05) is 12.1 Å². The van der Waals surface area contributed by atoms with Gasteiger partial charge in [0.15, 0.2) is 11.6 Å². The topological polar surface area (TPSA) is 81.3 Å². The number of nitrogens with zero attached hydrogens (tertiary/aromatic N) is 2. The maximum atomic E-state index is 9.35. The van der Waals surface area contributed by atoms with E-state index in [1.807, 2.05) is 6.07 Å². The lowest BCUT2D eigenvalue weighted by Crippen LogP contribution is -2.10. The summed E-state index contributed by atoms with van der Waals surface area (Å²) in [6.45, 7) is 0.892. The van der Waals surface area contributed by atoms with Crippen molar-refractivity contribution in [3.05, 3.63) is 36.7 Å². The summed E-state index contributed by atoms with van der Waals surface area (Å²) in [5.41, 5.74) is 6.08. The standard InChI is InChI=1S/C12H13N3O2/c13-4-5-17-11-7-14-12(15-8-11)9-2-1-3-10(16)6-9/h1-3,6-8,16H,4-5,13H2. The van der Waals surface area contributed by atoms with Gasteiger partial charge >= 0.3 is 0 Å². The minimum atomic E-state index is 0.189. The van der Waals surface area contributed by atoms with Crippen LogP contribution in [0.5, 0.6) is 11.5 Å². The van der Waals surface area contributed by atoms with Crippen molar-refractivity contribution >= 4 is 0 Å². The molecule has 0 aliphatic rings. The normalized spacial score (nSPS) is 10.2. The van der Waals surface area contributed by atoms with Crippen LogP contribution in [0.1, 0.15) is 0 Å². The average Bonchev–Trinajstić information content (AvgIpc) is 2.37. The molecule has 0 radical (unpaired) electrons. The van der Waals surface area contributed by atoms with E-state index < -0.39 is 0 Å². The van der Waals surface area contributed by atoms with Gasteiger partial charge in [-0.15, -0.1) is 0 Å². The highest BCUT2D eigenvalue weighted by atomic mass is 16.5. The Kier molecular flexibility index (Phi) is 3.52. The lowest BCUT2D eigenvalue weighted by atomic mass is 10.2. The van der Waals surface area contributed by atoms with Crippen molar-refractivity contribution in [2.24, 2.45) is 5.73 Å². The first kappa shape index (κ1) is 11.3. The van der Waals surface area contributed by atoms with Crippen LogP contribution < -0.4 is 10.5 Å². The molecule has 5 nitrogen and oxygen atoms in total. The molecule has 2 rings (SSSR count). The molecule has 1 aromatic heterocycles. The second kappa shape index (κ2) is 5.27. The number of hydrogen-bond donors (Lipinski definition) is 2. The summed E-state index contributed by atoms with van der Waals surface area (Å²) in [6, 6.07) is 6.78. The summed E-state index contributed by atoms with van der Waals surface area (Å²) in [5, 5.41) is 9.35. The van der Waals surface area contributed by atoms with Gasteiger partial charge in [0.25, 0.3) is 0 Å². The third-order valence-electron chi connectivity index (χ3n) is 2.12. The lowest BCUT2D eigenvalue weighted by Gasteiger charge is -2.04. The number of benzene rings is 1. The monoisotopic (exact) mass is 231 g/mol. The number of phenolic OH excluding ortho intramolecular Hbond substituents is 1. The Hall–Kier alpha value is -2.14. The van der Waals surface area contributed by atoms with Gasteiger partial charge in [0, 0.05) is 12.1 Å². The third-order valence-corrected chi connectivity index (χ3v) is 2.12. The second-order valence-corrected chi connectivity index (χ2v) is 3.43. The maximum Gasteiger partial charge on any atom is 0.159 e. The average molecular weight is 231 g/mol. The largest absolute Gasteiger partial charge is 0.508 e. The van der Waals surface area contributed by atoms with E-state index in [-0.39, 0.29) is 5.75 Å². The van der Waals surface area contributed by atoms with Crippen LogP contribution >= 0.6 is 0 Å². The third kappa shape index (κ3) is 2.92. The van der Waals surface area contributed by atoms with Crippen LogP contribution in [0.4, 0.5) is 0 Å². The van der Waals surface area contributed by atoms with Crippen LogP contribution in [0.2, 0.25) is 0 Å². The summed E-state index contributed by atoms with van der Waals surface area (Å²) >= 11 is 0. The zero-order valence-electron chi connectivity index (χ0n) is 9.21. The molecule has 0 bridgehead atoms. The molecular formula is C12H13N3O2. The highest BCUT2D eigenvalue weighted by Crippen LogP contribution is 2.20. The van der Waals surface area contributed by atoms with Gasteiger partial charge in [-0.2, -0.15) is 0 Å². The quantitative estimate of drug-likeness (QED) is 0.826. The zero-order chi connectivity index (χ0) is 12.1. The molecule has 0 fully saturated rings. The molecule has 2 aromatic rings. The molecule has 88 valence electrons. The molecule has 17 heavy (non-hydrogen) atoms. The van der Waals surface area contributed by atoms with Gasteiger partial charge in [0.1, 0.15) is 12.4 Å². The fourth-order valence-corrected chi connectivity index (χ4v) is 1.36. The van der Waals surface area contributed by atoms with Crippen LogP contribution in [-0.2, 0) is 0 Å². The van der Waals surface area contributed by atoms with Gasteiger partial charge in [-0.25, -0.2) is 9.97 Å². The van der Waals surface area contributed by atoms with E-state index >= 15 is 0 Å². The molecule has 0 unspecified atom stereocenters. The number of hydrogen-bond acceptors (Lipinski definition) is 5. The predicted octanol–water partition coefficient (Wildman–Crippen LogP) is 1.19. The molecule has 0 saturated carbocycles. The van der Waals surface area contributed by atoms with Gasteiger partial charge in [-0.05, 0) is 12.1 Å². The molecule has 0 atom stereocenters. The van der Waals surface area contributed by atoms with Crippen molar-refractivity contribution in [2.75, 3.05) is 13.2 Å². The van der Waals surface area contributed by atoms with E-state index in [1.54, 1.807) is 30.6 Å². The fourth-order valence-electron chi connectivity index (χ4n) is 1.36. The first-order valence-corrected chi connectivity index (χ1v) is 5.24. The predicted molar refractivity (Wildman–Crippen MR) is 63.7 cm³/mol. The zero-order valence-corrected chi connectivity index (χ0v) is 9.21. The van der Waals surface area contributed by atoms with E-state index in [4.69, 9.17) is 10.5 Å². The van der Waals surface area contributed by atoms with Crippen LogP contribution in [0.3, 0.4) is 0 Å². The van der Waals surface area contributed by atoms with Crippen LogP contribution in [0.25, 0.3) is 11.4 Å². The SMILES string of the molecule is NCCOc1cnc(-c2cccc(O)c2)nc1. The Morgan fingerprint density at radius 1 is 1.24 bits per heavy atom. The van der Waals surface area contributed by atoms with Gasteiger partial charge in [0.2, 0.25) is 0 Å². The minimum absolute atomic E-state index is 0.189. The molecular weight excluding hydrogens is 218 g/mol. The van der Waals surface area contributed by atoms with Crippen LogP contribution in [-0.4, -0.2) is 28.2 Å². The summed E-state index contributed by atoms with van der Waals surface area (Å²) in [7, 11) is 0. The maximum absolute atomic E-state index is 9.35. The number of nitrogens with two attached hydrogens (primary N) is 1. The van der Waals surface area contributed by atoms with Crippen LogP contribution in [0.15, 0.2) is 36.7 Å². The van der Waals surface area contributed by atoms with E-state index in [1.165, 1.54) is 0 Å². The Balaban J connectivity index is 2.17. The summed E-state index contributed by atoms with van der Waals surface area (Å²) in [4.78, 5) is 8.31. The smallest absolute Gasteiger partial charge is 0.159 e. The molecule has 3 N–H and O–H groups in total. The van der Waals surface area contributed by atoms with Gasteiger partial charge < -0.3 is 15.6 Å². The summed E-state index contributed by atoms with van der Waals surface area (Å²) in [5.74, 6) is 1.31. The molecule has 1 heterocycles. The number of ether oxygens (including phenoxy) is 1. The fraction of sp³-hybridized carbons (Fsp3) is 0.167. The Morgan fingerprint density at radius 3 is 2.65 bits per heavy atom. The Bertz CT molecular complexity index is 485. The Labute approximate surface area is 98.9 Å². The Morgan fingerprint density at radius 2 is 2.00 bits per heavy atom. The molecule has 0 aliphatic heterocycles. The number of rotatable bonds is 4. The van der Waals surface area contributed by atoms with Crippen molar-refractivity contribution in [1.82, 2.24) is 9.97 Å². The van der Waals surface area contributed by atoms with E-state index in [0.717, 1.165) is 5.56 Å². The van der Waals surface area contributed by atoms with E-state index in [0.29, 0.717) is 24.7 Å². The van der Waals surface area contributed by atoms with Crippen molar-refractivity contribution in [1.29, 1.82) is 0 Å². The number of aromatic nitrogens is 2. The summed E-state index contributed by atoms with van der Waals surface area (Å²) in [6.07, 6.45) is 3.17. The van der Waals surface area contributed by atoms with Gasteiger partial charge in [-0.3, -0.25) is 0 Å². The molecule has 0 amide bonds. The van der Waals surface area contributed by atoms with E-state index in [2.05, 4.69) is 9.97 Å². The first-order chi connectivity index (χ1) is 8.29. The first-order valence-electron chi connectivity index (χ1n) is 5.24. The number of aromatic hydroxyl groups is 1. The molecule has 0 saturated heterocycles. The van der Waals surface area contributed by atoms with E-state index in [9.17, 15) is 5.11 Å². The lowest BCUT2D eigenvalue weighted by molar-refractivity contribution is 0.325. The highest BCUT2D eigenvalue weighted by Gasteiger charge is 2.02. The van der Waals surface area contributed by atoms with Crippen molar-refractivity contribution in [2.45, 2.75) is 0 Å². The summed E-state index contributed by atoms with van der Waals surface area (Å²) < 4.78 is 5.27. The molecule has 5 heteroatoms. The van der Waals surface area contributed by atoms with Gasteiger partial charge in [0.05, 0.1) is 12.4 Å². The van der Waals surface area contributed by atoms with Crippen molar-refractivity contribution in [3.63, 3.8) is 0 Å². The van der Waals surface area contributed by atoms with Crippen molar-refractivity contribution in [3.8, 4) is 22.9 Å². The molecule has 1 aromatic carbocycles. The van der Waals surface area contributed by atoms with Crippen LogP contribution in [0, 0.1) is 0 Å².